The highest BCUT2D eigenvalue weighted by atomic mass is 32.1. The number of anilines is 1. The van der Waals surface area contributed by atoms with Crippen molar-refractivity contribution in [3.05, 3.63) is 52.7 Å². The summed E-state index contributed by atoms with van der Waals surface area (Å²) in [5, 5.41) is 8.31. The van der Waals surface area contributed by atoms with Crippen molar-refractivity contribution in [3.8, 4) is 10.6 Å². The predicted octanol–water partition coefficient (Wildman–Crippen LogP) is 5.10. The van der Waals surface area contributed by atoms with Crippen LogP contribution in [0.25, 0.3) is 10.6 Å². The minimum Gasteiger partial charge on any atom is -0.306 e. The van der Waals surface area contributed by atoms with Crippen LogP contribution in [0.2, 0.25) is 0 Å². The van der Waals surface area contributed by atoms with Gasteiger partial charge in [-0.3, -0.25) is 4.79 Å². The highest BCUT2D eigenvalue weighted by Crippen LogP contribution is 2.40. The Balaban J connectivity index is 1.54. The Kier molecular flexibility index (Phi) is 4.83. The summed E-state index contributed by atoms with van der Waals surface area (Å²) in [6, 6.07) is 10.5. The van der Waals surface area contributed by atoms with Crippen molar-refractivity contribution in [1.82, 2.24) is 14.8 Å². The number of nitrogens with zero attached hydrogens (tertiary/aromatic N) is 3. The summed E-state index contributed by atoms with van der Waals surface area (Å²) < 4.78 is 1.93. The van der Waals surface area contributed by atoms with Crippen LogP contribution in [-0.4, -0.2) is 20.7 Å². The van der Waals surface area contributed by atoms with Gasteiger partial charge in [-0.15, -0.1) is 11.3 Å². The van der Waals surface area contributed by atoms with Crippen molar-refractivity contribution in [2.24, 2.45) is 5.92 Å². The summed E-state index contributed by atoms with van der Waals surface area (Å²) in [6.07, 6.45) is 5.23. The number of nitrogens with one attached hydrogen (secondary N) is 1. The standard InChI is InChI=1S/C21H24N4OS/c1-4-15-5-7-17(8-6-15)21-23-13(2)19(27-21)20(26)24-18-11-12-22-25(18)14(3)16-9-10-16/h5-8,11-12,14,16H,4,9-10H2,1-3H3,(H,24,26). The van der Waals surface area contributed by atoms with Crippen LogP contribution in [0.5, 0.6) is 0 Å². The molecule has 0 aliphatic heterocycles. The lowest BCUT2D eigenvalue weighted by Crippen LogP contribution is -2.18. The van der Waals surface area contributed by atoms with E-state index in [2.05, 4.69) is 53.5 Å². The van der Waals surface area contributed by atoms with Crippen LogP contribution >= 0.6 is 11.3 Å². The molecule has 1 N–H and O–H groups in total. The Bertz CT molecular complexity index is 953. The van der Waals surface area contributed by atoms with E-state index in [1.54, 1.807) is 6.20 Å². The number of carbonyl (C=O) groups is 1. The summed E-state index contributed by atoms with van der Waals surface area (Å²) in [6.45, 7) is 6.19. The Labute approximate surface area is 163 Å². The van der Waals surface area contributed by atoms with Gasteiger partial charge in [-0.1, -0.05) is 31.2 Å². The maximum atomic E-state index is 12.9. The van der Waals surface area contributed by atoms with Crippen molar-refractivity contribution < 1.29 is 4.79 Å². The number of benzene rings is 1. The molecule has 5 nitrogen and oxygen atoms in total. The van der Waals surface area contributed by atoms with Gasteiger partial charge in [0.05, 0.1) is 17.9 Å². The number of hydrogen-bond donors (Lipinski definition) is 1. The van der Waals surface area contributed by atoms with Crippen molar-refractivity contribution >= 4 is 23.1 Å². The van der Waals surface area contributed by atoms with Gasteiger partial charge in [0.25, 0.3) is 5.91 Å². The van der Waals surface area contributed by atoms with Gasteiger partial charge in [0.1, 0.15) is 15.7 Å². The SMILES string of the molecule is CCc1ccc(-c2nc(C)c(C(=O)Nc3ccnn3C(C)C3CC3)s2)cc1. The van der Waals surface area contributed by atoms with Crippen LogP contribution in [0, 0.1) is 12.8 Å². The fourth-order valence-electron chi connectivity index (χ4n) is 3.30. The molecule has 0 radical (unpaired) electrons. The minimum absolute atomic E-state index is 0.119. The molecule has 2 heterocycles. The number of amides is 1. The largest absolute Gasteiger partial charge is 0.306 e. The molecule has 0 bridgehead atoms. The lowest BCUT2D eigenvalue weighted by molar-refractivity contribution is 0.102. The van der Waals surface area contributed by atoms with Gasteiger partial charge in [-0.05, 0) is 44.6 Å². The van der Waals surface area contributed by atoms with E-state index < -0.39 is 0 Å². The van der Waals surface area contributed by atoms with Gasteiger partial charge in [-0.2, -0.15) is 5.10 Å². The first-order valence-electron chi connectivity index (χ1n) is 9.48. The Morgan fingerprint density at radius 2 is 2.04 bits per heavy atom. The molecule has 140 valence electrons. The second-order valence-corrected chi connectivity index (χ2v) is 8.18. The molecule has 1 unspecified atom stereocenters. The smallest absolute Gasteiger partial charge is 0.268 e. The Morgan fingerprint density at radius 3 is 2.70 bits per heavy atom. The molecule has 1 saturated carbocycles. The van der Waals surface area contributed by atoms with E-state index in [-0.39, 0.29) is 5.91 Å². The van der Waals surface area contributed by atoms with Gasteiger partial charge in [0, 0.05) is 11.6 Å². The van der Waals surface area contributed by atoms with Crippen molar-refractivity contribution in [1.29, 1.82) is 0 Å². The molecule has 1 aliphatic rings. The summed E-state index contributed by atoms with van der Waals surface area (Å²) >= 11 is 1.44. The number of carbonyl (C=O) groups excluding carboxylic acids is 1. The minimum atomic E-state index is -0.119. The number of rotatable bonds is 6. The third-order valence-electron chi connectivity index (χ3n) is 5.21. The third-order valence-corrected chi connectivity index (χ3v) is 6.42. The normalized spacial score (nSPS) is 14.9. The second kappa shape index (κ2) is 7.27. The van der Waals surface area contributed by atoms with Gasteiger partial charge >= 0.3 is 0 Å². The van der Waals surface area contributed by atoms with E-state index in [4.69, 9.17) is 0 Å². The average molecular weight is 381 g/mol. The van der Waals surface area contributed by atoms with Gasteiger partial charge in [0.2, 0.25) is 0 Å². The fourth-order valence-corrected chi connectivity index (χ4v) is 4.27. The third kappa shape index (κ3) is 3.67. The first kappa shape index (κ1) is 17.9. The van der Waals surface area contributed by atoms with E-state index in [1.807, 2.05) is 17.7 Å². The molecule has 0 spiro atoms. The number of thiazole rings is 1. The molecule has 6 heteroatoms. The molecule has 1 aliphatic carbocycles. The summed E-state index contributed by atoms with van der Waals surface area (Å²) in [4.78, 5) is 18.1. The second-order valence-electron chi connectivity index (χ2n) is 7.18. The van der Waals surface area contributed by atoms with Crippen LogP contribution in [0.4, 0.5) is 5.82 Å². The van der Waals surface area contributed by atoms with Gasteiger partial charge in [0.15, 0.2) is 0 Å². The van der Waals surface area contributed by atoms with E-state index >= 15 is 0 Å². The molecule has 27 heavy (non-hydrogen) atoms. The summed E-state index contributed by atoms with van der Waals surface area (Å²) in [5.41, 5.74) is 3.10. The van der Waals surface area contributed by atoms with Crippen LogP contribution in [0.1, 0.15) is 53.7 Å². The molecule has 1 fully saturated rings. The molecule has 1 amide bonds. The lowest BCUT2D eigenvalue weighted by atomic mass is 10.1. The van der Waals surface area contributed by atoms with E-state index in [0.717, 1.165) is 28.5 Å². The molecule has 3 aromatic rings. The molecule has 1 atom stereocenters. The fraction of sp³-hybridized carbons (Fsp3) is 0.381. The molecular formula is C21H24N4OS. The van der Waals surface area contributed by atoms with Gasteiger partial charge < -0.3 is 5.32 Å². The summed E-state index contributed by atoms with van der Waals surface area (Å²) in [5.74, 6) is 1.30. The zero-order valence-electron chi connectivity index (χ0n) is 15.9. The first-order chi connectivity index (χ1) is 13.1. The van der Waals surface area contributed by atoms with Crippen LogP contribution in [-0.2, 0) is 6.42 Å². The maximum absolute atomic E-state index is 12.9. The predicted molar refractivity (Wildman–Crippen MR) is 109 cm³/mol. The van der Waals surface area contributed by atoms with Crippen LogP contribution in [0.3, 0.4) is 0 Å². The van der Waals surface area contributed by atoms with Crippen LogP contribution in [0.15, 0.2) is 36.5 Å². The number of aryl methyl sites for hydroxylation is 2. The maximum Gasteiger partial charge on any atom is 0.268 e. The monoisotopic (exact) mass is 380 g/mol. The van der Waals surface area contributed by atoms with Crippen molar-refractivity contribution in [2.45, 2.75) is 46.1 Å². The molecule has 2 aromatic heterocycles. The first-order valence-corrected chi connectivity index (χ1v) is 10.3. The highest BCUT2D eigenvalue weighted by molar-refractivity contribution is 7.17. The van der Waals surface area contributed by atoms with Crippen LogP contribution < -0.4 is 5.32 Å². The van der Waals surface area contributed by atoms with Crippen molar-refractivity contribution in [3.63, 3.8) is 0 Å². The highest BCUT2D eigenvalue weighted by Gasteiger charge is 2.31. The zero-order valence-corrected chi connectivity index (χ0v) is 16.7. The molecule has 0 saturated heterocycles. The number of hydrogen-bond acceptors (Lipinski definition) is 4. The molecular weight excluding hydrogens is 356 g/mol. The van der Waals surface area contributed by atoms with E-state index in [9.17, 15) is 4.79 Å². The quantitative estimate of drug-likeness (QED) is 0.647. The van der Waals surface area contributed by atoms with Crippen molar-refractivity contribution in [2.75, 3.05) is 5.32 Å². The molecule has 1 aromatic carbocycles. The Morgan fingerprint density at radius 1 is 1.30 bits per heavy atom. The summed E-state index contributed by atoms with van der Waals surface area (Å²) in [7, 11) is 0. The lowest BCUT2D eigenvalue weighted by Gasteiger charge is -2.15. The van der Waals surface area contributed by atoms with Gasteiger partial charge in [-0.25, -0.2) is 9.67 Å². The van der Waals surface area contributed by atoms with E-state index in [0.29, 0.717) is 16.8 Å². The number of aromatic nitrogens is 3. The molecule has 4 rings (SSSR count). The zero-order chi connectivity index (χ0) is 19.0. The Hall–Kier alpha value is -2.47. The topological polar surface area (TPSA) is 59.8 Å². The van der Waals surface area contributed by atoms with E-state index in [1.165, 1.54) is 29.7 Å². The average Bonchev–Trinajstić information content (AvgIpc) is 3.31.